The van der Waals surface area contributed by atoms with Crippen molar-refractivity contribution < 1.29 is 0 Å². The maximum Gasteiger partial charge on any atom is 0.112 e. The van der Waals surface area contributed by atoms with E-state index in [1.54, 1.807) is 5.57 Å². The second-order valence-corrected chi connectivity index (χ2v) is 10.5. The van der Waals surface area contributed by atoms with Crippen molar-refractivity contribution >= 4 is 0 Å². The first kappa shape index (κ1) is 22.7. The third kappa shape index (κ3) is 6.27. The number of nitrogens with two attached hydrogens (primary N) is 1. The second kappa shape index (κ2) is 10.9. The van der Waals surface area contributed by atoms with E-state index in [9.17, 15) is 0 Å². The van der Waals surface area contributed by atoms with E-state index in [0.29, 0.717) is 0 Å². The molecule has 4 fully saturated rings. The van der Waals surface area contributed by atoms with Gasteiger partial charge in [-0.3, -0.25) is 25.8 Å². The Hall–Kier alpha value is -0.500. The van der Waals surface area contributed by atoms with Crippen LogP contribution in [0.5, 0.6) is 0 Å². The molecule has 4 atom stereocenters. The predicted molar refractivity (Wildman–Crippen MR) is 125 cm³/mol. The molecule has 4 rings (SSSR count). The topological polar surface area (TPSA) is 68.6 Å². The summed E-state index contributed by atoms with van der Waals surface area (Å²) in [4.78, 5) is 5.39. The van der Waals surface area contributed by atoms with Crippen LogP contribution in [0.4, 0.5) is 0 Å². The minimum absolute atomic E-state index is 0.144. The maximum atomic E-state index is 6.28. The minimum Gasteiger partial charge on any atom is -0.303 e. The van der Waals surface area contributed by atoms with E-state index >= 15 is 0 Å². The van der Waals surface area contributed by atoms with E-state index in [2.05, 4.69) is 45.7 Å². The monoisotopic (exact) mass is 418 g/mol. The smallest absolute Gasteiger partial charge is 0.112 e. The lowest BCUT2D eigenvalue weighted by Crippen LogP contribution is -2.72. The number of piperazine rings is 1. The van der Waals surface area contributed by atoms with Gasteiger partial charge in [0.25, 0.3) is 0 Å². The molecule has 172 valence electrons. The average molecular weight is 419 g/mol. The largest absolute Gasteiger partial charge is 0.303 e. The lowest BCUT2D eigenvalue weighted by molar-refractivity contribution is 0.0581. The Bertz CT molecular complexity index is 550. The van der Waals surface area contributed by atoms with Crippen molar-refractivity contribution in [2.24, 2.45) is 17.6 Å². The van der Waals surface area contributed by atoms with Crippen LogP contribution in [0, 0.1) is 11.8 Å². The van der Waals surface area contributed by atoms with Crippen molar-refractivity contribution in [1.82, 2.24) is 25.8 Å². The molecule has 30 heavy (non-hydrogen) atoms. The van der Waals surface area contributed by atoms with Crippen LogP contribution in [0.1, 0.15) is 71.6 Å². The number of allylic oxidation sites excluding steroid dienone is 1. The number of nitrogens with zero attached hydrogens (tertiary/aromatic N) is 2. The van der Waals surface area contributed by atoms with E-state index < -0.39 is 0 Å². The molecular formula is C24H46N6. The van der Waals surface area contributed by atoms with Crippen molar-refractivity contribution in [3.63, 3.8) is 0 Å². The summed E-state index contributed by atoms with van der Waals surface area (Å²) in [5, 5.41) is 10.7. The molecular weight excluding hydrogens is 372 g/mol. The average Bonchev–Trinajstić information content (AvgIpc) is 2.74. The van der Waals surface area contributed by atoms with Crippen LogP contribution in [-0.2, 0) is 0 Å². The molecule has 2 saturated carbocycles. The molecule has 4 aliphatic rings. The summed E-state index contributed by atoms with van der Waals surface area (Å²) in [6, 6.07) is 0.840. The first-order chi connectivity index (χ1) is 14.6. The van der Waals surface area contributed by atoms with Crippen molar-refractivity contribution in [3.8, 4) is 0 Å². The van der Waals surface area contributed by atoms with Gasteiger partial charge in [-0.25, -0.2) is 0 Å². The second-order valence-electron chi connectivity index (χ2n) is 10.5. The van der Waals surface area contributed by atoms with E-state index in [-0.39, 0.29) is 18.6 Å². The highest BCUT2D eigenvalue weighted by Crippen LogP contribution is 2.30. The molecule has 2 aliphatic carbocycles. The highest BCUT2D eigenvalue weighted by Gasteiger charge is 2.30. The number of hydrogen-bond donors (Lipinski definition) is 4. The van der Waals surface area contributed by atoms with Gasteiger partial charge in [0.2, 0.25) is 0 Å². The first-order valence-electron chi connectivity index (χ1n) is 12.8. The van der Waals surface area contributed by atoms with Gasteiger partial charge in [0.15, 0.2) is 0 Å². The van der Waals surface area contributed by atoms with Gasteiger partial charge in [-0.2, -0.15) is 0 Å². The maximum absolute atomic E-state index is 6.28. The summed E-state index contributed by atoms with van der Waals surface area (Å²) in [5.74, 6) is 1.81. The lowest BCUT2D eigenvalue weighted by Gasteiger charge is -2.44. The Labute approximate surface area is 184 Å². The van der Waals surface area contributed by atoms with Crippen LogP contribution >= 0.6 is 0 Å². The molecule has 4 unspecified atom stereocenters. The standard InChI is InChI=1S/C24H46N6/c1-3-19-7-9-21(10-8-19)30-13-11-29(12-14-30)17-23-26-22(27-24(25)28-23)16-20-6-4-5-18(2)15-20/h16,18-19,21-24,26-28H,3-15,17,25H2,1-2H3/b20-16-. The number of rotatable bonds is 5. The molecule has 0 aromatic carbocycles. The summed E-state index contributed by atoms with van der Waals surface area (Å²) >= 11 is 0. The van der Waals surface area contributed by atoms with Crippen molar-refractivity contribution in [2.75, 3.05) is 32.7 Å². The Kier molecular flexibility index (Phi) is 8.23. The molecule has 2 heterocycles. The Morgan fingerprint density at radius 3 is 2.47 bits per heavy atom. The van der Waals surface area contributed by atoms with Crippen LogP contribution in [-0.4, -0.2) is 67.2 Å². The molecule has 0 bridgehead atoms. The van der Waals surface area contributed by atoms with E-state index in [1.807, 2.05) is 0 Å². The molecule has 0 spiro atoms. The zero-order chi connectivity index (χ0) is 20.9. The van der Waals surface area contributed by atoms with Gasteiger partial charge in [-0.1, -0.05) is 38.3 Å². The third-order valence-electron chi connectivity index (χ3n) is 8.09. The zero-order valence-corrected chi connectivity index (χ0v) is 19.4. The van der Waals surface area contributed by atoms with E-state index in [0.717, 1.165) is 24.4 Å². The van der Waals surface area contributed by atoms with Gasteiger partial charge < -0.3 is 5.73 Å². The van der Waals surface area contributed by atoms with E-state index in [1.165, 1.54) is 84.0 Å². The third-order valence-corrected chi connectivity index (χ3v) is 8.09. The highest BCUT2D eigenvalue weighted by atomic mass is 15.4. The van der Waals surface area contributed by atoms with Gasteiger partial charge >= 0.3 is 0 Å². The fourth-order valence-electron chi connectivity index (χ4n) is 6.18. The molecule has 5 N–H and O–H groups in total. The predicted octanol–water partition coefficient (Wildman–Crippen LogP) is 2.39. The molecule has 0 radical (unpaired) electrons. The molecule has 0 aromatic rings. The quantitative estimate of drug-likeness (QED) is 0.514. The van der Waals surface area contributed by atoms with Gasteiger partial charge in [-0.05, 0) is 56.8 Å². The van der Waals surface area contributed by atoms with Crippen LogP contribution < -0.4 is 21.7 Å². The Morgan fingerprint density at radius 1 is 1.00 bits per heavy atom. The Morgan fingerprint density at radius 2 is 1.77 bits per heavy atom. The SMILES string of the molecule is CCC1CCC(N2CCN(CC3NC(N)NC(/C=C4/CCCC(C)C4)N3)CC2)CC1. The van der Waals surface area contributed by atoms with Gasteiger partial charge in [-0.15, -0.1) is 0 Å². The molecule has 2 saturated heterocycles. The minimum atomic E-state index is -0.144. The summed E-state index contributed by atoms with van der Waals surface area (Å²) < 4.78 is 0. The van der Waals surface area contributed by atoms with E-state index in [4.69, 9.17) is 5.73 Å². The molecule has 6 heteroatoms. The summed E-state index contributed by atoms with van der Waals surface area (Å²) in [5.41, 5.74) is 7.87. The zero-order valence-electron chi connectivity index (χ0n) is 19.4. The fourth-order valence-corrected chi connectivity index (χ4v) is 6.18. The molecule has 0 aromatic heterocycles. The normalized spacial score (nSPS) is 41.2. The fraction of sp³-hybridized carbons (Fsp3) is 0.917. The Balaban J connectivity index is 1.22. The van der Waals surface area contributed by atoms with Crippen LogP contribution in [0.2, 0.25) is 0 Å². The van der Waals surface area contributed by atoms with Gasteiger partial charge in [0.05, 0.1) is 12.3 Å². The van der Waals surface area contributed by atoms with Gasteiger partial charge in [0.1, 0.15) is 6.29 Å². The molecule has 0 amide bonds. The van der Waals surface area contributed by atoms with Gasteiger partial charge in [0, 0.05) is 38.8 Å². The van der Waals surface area contributed by atoms with Crippen molar-refractivity contribution in [1.29, 1.82) is 0 Å². The first-order valence-corrected chi connectivity index (χ1v) is 12.8. The molecule has 6 nitrogen and oxygen atoms in total. The summed E-state index contributed by atoms with van der Waals surface area (Å²) in [7, 11) is 0. The summed E-state index contributed by atoms with van der Waals surface area (Å²) in [6.07, 6.45) is 15.0. The summed E-state index contributed by atoms with van der Waals surface area (Å²) in [6.45, 7) is 10.6. The highest BCUT2D eigenvalue weighted by molar-refractivity contribution is 5.10. The van der Waals surface area contributed by atoms with Crippen molar-refractivity contribution in [2.45, 2.75) is 96.3 Å². The van der Waals surface area contributed by atoms with Crippen LogP contribution in [0.15, 0.2) is 11.6 Å². The van der Waals surface area contributed by atoms with Crippen molar-refractivity contribution in [3.05, 3.63) is 11.6 Å². The van der Waals surface area contributed by atoms with Crippen LogP contribution in [0.3, 0.4) is 0 Å². The van der Waals surface area contributed by atoms with Crippen LogP contribution in [0.25, 0.3) is 0 Å². The molecule has 2 aliphatic heterocycles. The number of hydrogen-bond acceptors (Lipinski definition) is 6. The number of nitrogens with one attached hydrogen (secondary N) is 3. The lowest BCUT2D eigenvalue weighted by atomic mass is 9.84.